The Kier molecular flexibility index (Phi) is 3.67. The Morgan fingerprint density at radius 1 is 1.47 bits per heavy atom. The lowest BCUT2D eigenvalue weighted by Crippen LogP contribution is -2.37. The van der Waals surface area contributed by atoms with Crippen LogP contribution in [0.4, 0.5) is 0 Å². The van der Waals surface area contributed by atoms with Crippen molar-refractivity contribution in [3.8, 4) is 5.75 Å². The number of aryl methyl sites for hydroxylation is 1. The van der Waals surface area contributed by atoms with Crippen molar-refractivity contribution in [2.75, 3.05) is 13.7 Å². The van der Waals surface area contributed by atoms with Crippen molar-refractivity contribution in [2.45, 2.75) is 26.2 Å². The van der Waals surface area contributed by atoms with Gasteiger partial charge in [-0.05, 0) is 37.8 Å². The monoisotopic (exact) mass is 233 g/mol. The van der Waals surface area contributed by atoms with Gasteiger partial charge >= 0.3 is 0 Å². The van der Waals surface area contributed by atoms with E-state index >= 15 is 0 Å². The van der Waals surface area contributed by atoms with Crippen LogP contribution < -0.4 is 10.1 Å². The molecule has 1 saturated heterocycles. The van der Waals surface area contributed by atoms with Gasteiger partial charge in [-0.15, -0.1) is 0 Å². The molecule has 1 N–H and O–H groups in total. The van der Waals surface area contributed by atoms with Crippen LogP contribution in [0, 0.1) is 12.8 Å². The van der Waals surface area contributed by atoms with E-state index in [9.17, 15) is 4.79 Å². The molecule has 0 aliphatic carbocycles. The van der Waals surface area contributed by atoms with Crippen molar-refractivity contribution in [1.82, 2.24) is 5.32 Å². The third-order valence-corrected chi connectivity index (χ3v) is 3.30. The Morgan fingerprint density at radius 2 is 2.29 bits per heavy atom. The summed E-state index contributed by atoms with van der Waals surface area (Å²) < 4.78 is 5.35. The van der Waals surface area contributed by atoms with Crippen molar-refractivity contribution in [3.05, 3.63) is 29.3 Å². The molecule has 0 aromatic heterocycles. The summed E-state index contributed by atoms with van der Waals surface area (Å²) in [6.07, 6.45) is 2.82. The SMILES string of the molecule is COc1ccc(C)cc1CC1CCCNC1=O. The second-order valence-electron chi connectivity index (χ2n) is 4.65. The Hall–Kier alpha value is -1.51. The highest BCUT2D eigenvalue weighted by atomic mass is 16.5. The maximum absolute atomic E-state index is 11.7. The zero-order chi connectivity index (χ0) is 12.3. The van der Waals surface area contributed by atoms with Gasteiger partial charge in [0.05, 0.1) is 7.11 Å². The Morgan fingerprint density at radius 3 is 3.00 bits per heavy atom. The molecule has 3 heteroatoms. The summed E-state index contributed by atoms with van der Waals surface area (Å²) in [4.78, 5) is 11.7. The summed E-state index contributed by atoms with van der Waals surface area (Å²) in [5.41, 5.74) is 2.34. The minimum atomic E-state index is 0.0967. The van der Waals surface area contributed by atoms with E-state index in [0.717, 1.165) is 37.1 Å². The molecule has 1 heterocycles. The van der Waals surface area contributed by atoms with Crippen molar-refractivity contribution in [2.24, 2.45) is 5.92 Å². The lowest BCUT2D eigenvalue weighted by molar-refractivity contribution is -0.126. The molecule has 1 aliphatic rings. The summed E-state index contributed by atoms with van der Waals surface area (Å²) in [5.74, 6) is 1.16. The quantitative estimate of drug-likeness (QED) is 0.868. The fourth-order valence-corrected chi connectivity index (χ4v) is 2.36. The molecule has 2 rings (SSSR count). The lowest BCUT2D eigenvalue weighted by Gasteiger charge is -2.22. The van der Waals surface area contributed by atoms with Gasteiger partial charge in [-0.3, -0.25) is 4.79 Å². The number of carbonyl (C=O) groups is 1. The molecule has 0 radical (unpaired) electrons. The average Bonchev–Trinajstić information content (AvgIpc) is 2.32. The Balaban J connectivity index is 2.16. The molecule has 1 unspecified atom stereocenters. The van der Waals surface area contributed by atoms with E-state index in [1.54, 1.807) is 7.11 Å². The fraction of sp³-hybridized carbons (Fsp3) is 0.500. The zero-order valence-corrected chi connectivity index (χ0v) is 10.5. The Bertz CT molecular complexity index is 415. The standard InChI is InChI=1S/C14H19NO2/c1-10-5-6-13(17-2)12(8-10)9-11-4-3-7-15-14(11)16/h5-6,8,11H,3-4,7,9H2,1-2H3,(H,15,16). The minimum Gasteiger partial charge on any atom is -0.496 e. The van der Waals surface area contributed by atoms with Crippen LogP contribution in [0.1, 0.15) is 24.0 Å². The third kappa shape index (κ3) is 2.78. The number of rotatable bonds is 3. The van der Waals surface area contributed by atoms with Gasteiger partial charge < -0.3 is 10.1 Å². The van der Waals surface area contributed by atoms with Crippen molar-refractivity contribution in [3.63, 3.8) is 0 Å². The van der Waals surface area contributed by atoms with E-state index in [1.165, 1.54) is 5.56 Å². The molecule has 0 spiro atoms. The molecule has 1 atom stereocenters. The molecule has 3 nitrogen and oxygen atoms in total. The van der Waals surface area contributed by atoms with E-state index in [-0.39, 0.29) is 11.8 Å². The van der Waals surface area contributed by atoms with Crippen molar-refractivity contribution >= 4 is 5.91 Å². The van der Waals surface area contributed by atoms with Gasteiger partial charge in [-0.2, -0.15) is 0 Å². The van der Waals surface area contributed by atoms with Crippen molar-refractivity contribution < 1.29 is 9.53 Å². The normalized spacial score (nSPS) is 19.9. The first-order valence-electron chi connectivity index (χ1n) is 6.12. The largest absolute Gasteiger partial charge is 0.496 e. The summed E-state index contributed by atoms with van der Waals surface area (Å²) in [7, 11) is 1.68. The van der Waals surface area contributed by atoms with Gasteiger partial charge in [0.15, 0.2) is 0 Å². The third-order valence-electron chi connectivity index (χ3n) is 3.30. The predicted molar refractivity (Wildman–Crippen MR) is 67.2 cm³/mol. The van der Waals surface area contributed by atoms with Crippen LogP contribution in [-0.2, 0) is 11.2 Å². The number of piperidine rings is 1. The molecular formula is C14H19NO2. The number of hydrogen-bond acceptors (Lipinski definition) is 2. The van der Waals surface area contributed by atoms with Gasteiger partial charge in [0.25, 0.3) is 0 Å². The molecular weight excluding hydrogens is 214 g/mol. The van der Waals surface area contributed by atoms with Gasteiger partial charge in [-0.25, -0.2) is 0 Å². The first-order chi connectivity index (χ1) is 8.20. The molecule has 1 aromatic carbocycles. The summed E-state index contributed by atoms with van der Waals surface area (Å²) in [6, 6.07) is 6.12. The van der Waals surface area contributed by atoms with Crippen LogP contribution in [-0.4, -0.2) is 19.6 Å². The zero-order valence-electron chi connectivity index (χ0n) is 10.5. The van der Waals surface area contributed by atoms with Crippen LogP contribution in [0.2, 0.25) is 0 Å². The summed E-state index contributed by atoms with van der Waals surface area (Å²) in [5, 5.41) is 2.92. The lowest BCUT2D eigenvalue weighted by atomic mass is 9.90. The number of amides is 1. The number of carbonyl (C=O) groups excluding carboxylic acids is 1. The Labute approximate surface area is 102 Å². The van der Waals surface area contributed by atoms with Crippen LogP contribution >= 0.6 is 0 Å². The molecule has 92 valence electrons. The maximum Gasteiger partial charge on any atom is 0.223 e. The van der Waals surface area contributed by atoms with Gasteiger partial charge in [0.1, 0.15) is 5.75 Å². The molecule has 1 aromatic rings. The van der Waals surface area contributed by atoms with Crippen LogP contribution in [0.15, 0.2) is 18.2 Å². The molecule has 17 heavy (non-hydrogen) atoms. The molecule has 1 fully saturated rings. The van der Waals surface area contributed by atoms with Crippen molar-refractivity contribution in [1.29, 1.82) is 0 Å². The van der Waals surface area contributed by atoms with E-state index in [4.69, 9.17) is 4.74 Å². The summed E-state index contributed by atoms with van der Waals surface area (Å²) >= 11 is 0. The number of nitrogens with one attached hydrogen (secondary N) is 1. The van der Waals surface area contributed by atoms with E-state index in [2.05, 4.69) is 18.3 Å². The van der Waals surface area contributed by atoms with Crippen LogP contribution in [0.3, 0.4) is 0 Å². The second-order valence-corrected chi connectivity index (χ2v) is 4.65. The number of benzene rings is 1. The minimum absolute atomic E-state index is 0.0967. The van der Waals surface area contributed by atoms with Gasteiger partial charge in [0, 0.05) is 12.5 Å². The molecule has 1 aliphatic heterocycles. The average molecular weight is 233 g/mol. The van der Waals surface area contributed by atoms with Gasteiger partial charge in [0.2, 0.25) is 5.91 Å². The number of ether oxygens (including phenoxy) is 1. The highest BCUT2D eigenvalue weighted by molar-refractivity contribution is 5.79. The predicted octanol–water partition coefficient (Wildman–Crippen LogP) is 2.07. The van der Waals surface area contributed by atoms with E-state index in [0.29, 0.717) is 0 Å². The number of methoxy groups -OCH3 is 1. The maximum atomic E-state index is 11.7. The highest BCUT2D eigenvalue weighted by Crippen LogP contribution is 2.25. The van der Waals surface area contributed by atoms with E-state index < -0.39 is 0 Å². The first-order valence-corrected chi connectivity index (χ1v) is 6.12. The second kappa shape index (κ2) is 5.21. The number of hydrogen-bond donors (Lipinski definition) is 1. The topological polar surface area (TPSA) is 38.3 Å². The van der Waals surface area contributed by atoms with E-state index in [1.807, 2.05) is 12.1 Å². The fourth-order valence-electron chi connectivity index (χ4n) is 2.36. The molecule has 1 amide bonds. The highest BCUT2D eigenvalue weighted by Gasteiger charge is 2.23. The molecule has 0 saturated carbocycles. The first kappa shape index (κ1) is 12.0. The van der Waals surface area contributed by atoms with Gasteiger partial charge in [-0.1, -0.05) is 17.7 Å². The van der Waals surface area contributed by atoms with Crippen LogP contribution in [0.25, 0.3) is 0 Å². The summed E-state index contributed by atoms with van der Waals surface area (Å²) in [6.45, 7) is 2.88. The molecule has 0 bridgehead atoms. The smallest absolute Gasteiger partial charge is 0.223 e. The van der Waals surface area contributed by atoms with Crippen LogP contribution in [0.5, 0.6) is 5.75 Å².